The number of aryl methyl sites for hydroxylation is 1. The first-order valence-corrected chi connectivity index (χ1v) is 6.19. The van der Waals surface area contributed by atoms with Gasteiger partial charge in [-0.1, -0.05) is 11.6 Å². The lowest BCUT2D eigenvalue weighted by Crippen LogP contribution is -2.15. The number of hydrogen-bond donors (Lipinski definition) is 3. The largest absolute Gasteiger partial charge is 0.319 e. The number of carbonyl (C=O) groups is 1. The molecule has 0 spiro atoms. The molecule has 0 saturated carbocycles. The second-order valence-corrected chi connectivity index (χ2v) is 4.64. The van der Waals surface area contributed by atoms with E-state index in [9.17, 15) is 13.6 Å². The number of nitrogen functional groups attached to an aromatic ring is 1. The second-order valence-electron chi connectivity index (χ2n) is 4.23. The van der Waals surface area contributed by atoms with E-state index in [2.05, 4.69) is 15.7 Å². The number of nitrogens with two attached hydrogens (primary N) is 1. The SMILES string of the molecule is Cc1cc(F)c(NC(=O)c2cnc(NN)c(Cl)c2)cc1F. The van der Waals surface area contributed by atoms with Crippen LogP contribution in [0, 0.1) is 18.6 Å². The quantitative estimate of drug-likeness (QED) is 0.601. The lowest BCUT2D eigenvalue weighted by Gasteiger charge is -2.09. The van der Waals surface area contributed by atoms with Crippen LogP contribution in [0.1, 0.15) is 15.9 Å². The van der Waals surface area contributed by atoms with Crippen LogP contribution in [0.2, 0.25) is 5.02 Å². The molecular weight excluding hydrogens is 302 g/mol. The first kappa shape index (κ1) is 15.1. The molecule has 0 saturated heterocycles. The number of aromatic nitrogens is 1. The van der Waals surface area contributed by atoms with Crippen molar-refractivity contribution < 1.29 is 13.6 Å². The van der Waals surface area contributed by atoms with Crippen LogP contribution in [0.4, 0.5) is 20.3 Å². The van der Waals surface area contributed by atoms with Crippen LogP contribution >= 0.6 is 11.6 Å². The van der Waals surface area contributed by atoms with E-state index >= 15 is 0 Å². The zero-order valence-corrected chi connectivity index (χ0v) is 11.6. The second kappa shape index (κ2) is 6.02. The molecule has 21 heavy (non-hydrogen) atoms. The Hall–Kier alpha value is -2.25. The average Bonchev–Trinajstić information content (AvgIpc) is 2.44. The number of benzene rings is 1. The molecule has 0 aliphatic heterocycles. The molecule has 0 radical (unpaired) electrons. The van der Waals surface area contributed by atoms with Crippen LogP contribution in [0.15, 0.2) is 24.4 Å². The zero-order valence-electron chi connectivity index (χ0n) is 10.9. The number of nitrogens with zero attached hydrogens (tertiary/aromatic N) is 1. The topological polar surface area (TPSA) is 80.0 Å². The Morgan fingerprint density at radius 3 is 2.62 bits per heavy atom. The molecule has 2 rings (SSSR count). The number of hydrazine groups is 1. The fourth-order valence-corrected chi connectivity index (χ4v) is 1.83. The number of amides is 1. The van der Waals surface area contributed by atoms with Gasteiger partial charge in [0.05, 0.1) is 16.3 Å². The van der Waals surface area contributed by atoms with Crippen molar-refractivity contribution in [1.82, 2.24) is 4.98 Å². The highest BCUT2D eigenvalue weighted by Gasteiger charge is 2.13. The smallest absolute Gasteiger partial charge is 0.257 e. The summed E-state index contributed by atoms with van der Waals surface area (Å²) < 4.78 is 27.1. The van der Waals surface area contributed by atoms with E-state index in [1.54, 1.807) is 0 Å². The van der Waals surface area contributed by atoms with E-state index in [0.29, 0.717) is 0 Å². The number of carbonyl (C=O) groups excluding carboxylic acids is 1. The molecule has 8 heteroatoms. The molecule has 0 fully saturated rings. The van der Waals surface area contributed by atoms with E-state index in [0.717, 1.165) is 12.1 Å². The Balaban J connectivity index is 2.26. The maximum absolute atomic E-state index is 13.7. The molecule has 2 aromatic rings. The molecule has 1 heterocycles. The molecule has 0 aliphatic rings. The van der Waals surface area contributed by atoms with Gasteiger partial charge < -0.3 is 10.7 Å². The minimum atomic E-state index is -0.735. The predicted molar refractivity (Wildman–Crippen MR) is 76.1 cm³/mol. The fourth-order valence-electron chi connectivity index (χ4n) is 1.60. The van der Waals surface area contributed by atoms with Gasteiger partial charge in [-0.3, -0.25) is 4.79 Å². The van der Waals surface area contributed by atoms with Gasteiger partial charge in [0, 0.05) is 12.3 Å². The van der Waals surface area contributed by atoms with Crippen LogP contribution in [0.3, 0.4) is 0 Å². The van der Waals surface area contributed by atoms with Crippen molar-refractivity contribution in [1.29, 1.82) is 0 Å². The third kappa shape index (κ3) is 3.26. The highest BCUT2D eigenvalue weighted by atomic mass is 35.5. The molecule has 0 atom stereocenters. The Bertz CT molecular complexity index is 709. The maximum atomic E-state index is 13.7. The van der Waals surface area contributed by atoms with Gasteiger partial charge in [0.2, 0.25) is 0 Å². The van der Waals surface area contributed by atoms with Gasteiger partial charge >= 0.3 is 0 Å². The Morgan fingerprint density at radius 2 is 2.00 bits per heavy atom. The summed E-state index contributed by atoms with van der Waals surface area (Å²) in [6, 6.07) is 3.21. The van der Waals surface area contributed by atoms with Crippen molar-refractivity contribution >= 4 is 29.0 Å². The highest BCUT2D eigenvalue weighted by Crippen LogP contribution is 2.22. The molecule has 5 nitrogen and oxygen atoms in total. The van der Waals surface area contributed by atoms with Gasteiger partial charge in [-0.15, -0.1) is 0 Å². The summed E-state index contributed by atoms with van der Waals surface area (Å²) in [6.45, 7) is 1.42. The van der Waals surface area contributed by atoms with Gasteiger partial charge in [-0.25, -0.2) is 19.6 Å². The molecule has 4 N–H and O–H groups in total. The molecule has 1 amide bonds. The van der Waals surface area contributed by atoms with Gasteiger partial charge in [0.15, 0.2) is 5.82 Å². The van der Waals surface area contributed by atoms with Gasteiger partial charge in [0.1, 0.15) is 11.6 Å². The first-order chi connectivity index (χ1) is 9.92. The van der Waals surface area contributed by atoms with E-state index in [-0.39, 0.29) is 27.7 Å². The van der Waals surface area contributed by atoms with E-state index in [4.69, 9.17) is 17.4 Å². The van der Waals surface area contributed by atoms with Crippen LogP contribution in [0.25, 0.3) is 0 Å². The fraction of sp³-hybridized carbons (Fsp3) is 0.0769. The summed E-state index contributed by atoms with van der Waals surface area (Å²) in [4.78, 5) is 15.8. The number of rotatable bonds is 3. The van der Waals surface area contributed by atoms with Crippen LogP contribution in [-0.2, 0) is 0 Å². The number of hydrogen-bond acceptors (Lipinski definition) is 4. The van der Waals surface area contributed by atoms with Crippen molar-refractivity contribution in [2.24, 2.45) is 5.84 Å². The summed E-state index contributed by atoms with van der Waals surface area (Å²) in [6.07, 6.45) is 1.21. The van der Waals surface area contributed by atoms with E-state index in [1.165, 1.54) is 19.2 Å². The van der Waals surface area contributed by atoms with Gasteiger partial charge in [0.25, 0.3) is 5.91 Å². The summed E-state index contributed by atoms with van der Waals surface area (Å²) in [5.41, 5.74) is 2.22. The summed E-state index contributed by atoms with van der Waals surface area (Å²) >= 11 is 5.83. The number of halogens is 3. The summed E-state index contributed by atoms with van der Waals surface area (Å²) in [5.74, 6) is 3.33. The number of nitrogens with one attached hydrogen (secondary N) is 2. The van der Waals surface area contributed by atoms with Crippen LogP contribution in [0.5, 0.6) is 0 Å². The molecule has 0 bridgehead atoms. The third-order valence-corrected chi connectivity index (χ3v) is 3.02. The van der Waals surface area contributed by atoms with Crippen molar-refractivity contribution in [3.63, 3.8) is 0 Å². The van der Waals surface area contributed by atoms with E-state index in [1.807, 2.05) is 0 Å². The monoisotopic (exact) mass is 312 g/mol. The van der Waals surface area contributed by atoms with E-state index < -0.39 is 17.5 Å². The standard InChI is InChI=1S/C13H11ClF2N4O/c1-6-2-10(16)11(4-9(6)15)19-13(21)7-3-8(14)12(20-17)18-5-7/h2-5H,17H2,1H3,(H,18,20)(H,19,21). The van der Waals surface area contributed by atoms with Crippen molar-refractivity contribution in [2.75, 3.05) is 10.7 Å². The van der Waals surface area contributed by atoms with Crippen LogP contribution < -0.4 is 16.6 Å². The predicted octanol–water partition coefficient (Wildman–Crippen LogP) is 2.86. The number of anilines is 2. The zero-order chi connectivity index (χ0) is 15.6. The molecule has 1 aromatic heterocycles. The van der Waals surface area contributed by atoms with Gasteiger partial charge in [-0.2, -0.15) is 0 Å². The lowest BCUT2D eigenvalue weighted by atomic mass is 10.2. The summed E-state index contributed by atoms with van der Waals surface area (Å²) in [5, 5.41) is 2.38. The molecule has 0 unspecified atom stereocenters. The molecule has 1 aromatic carbocycles. The van der Waals surface area contributed by atoms with Gasteiger partial charge in [-0.05, 0) is 24.6 Å². The van der Waals surface area contributed by atoms with Crippen molar-refractivity contribution in [3.8, 4) is 0 Å². The normalized spacial score (nSPS) is 10.3. The number of pyridine rings is 1. The average molecular weight is 313 g/mol. The minimum absolute atomic E-state index is 0.0828. The molecule has 0 aliphatic carbocycles. The molecule has 110 valence electrons. The lowest BCUT2D eigenvalue weighted by molar-refractivity contribution is 0.102. The van der Waals surface area contributed by atoms with Crippen molar-refractivity contribution in [3.05, 3.63) is 52.2 Å². The third-order valence-electron chi connectivity index (χ3n) is 2.74. The summed E-state index contributed by atoms with van der Waals surface area (Å²) in [7, 11) is 0. The minimum Gasteiger partial charge on any atom is -0.319 e. The Morgan fingerprint density at radius 1 is 1.29 bits per heavy atom. The van der Waals surface area contributed by atoms with Crippen molar-refractivity contribution in [2.45, 2.75) is 6.92 Å². The maximum Gasteiger partial charge on any atom is 0.257 e. The Kier molecular flexibility index (Phi) is 4.35. The Labute approximate surface area is 124 Å². The molecular formula is C13H11ClF2N4O. The van der Waals surface area contributed by atoms with Crippen LogP contribution in [-0.4, -0.2) is 10.9 Å². The highest BCUT2D eigenvalue weighted by molar-refractivity contribution is 6.33. The first-order valence-electron chi connectivity index (χ1n) is 5.81.